The van der Waals surface area contributed by atoms with Crippen molar-refractivity contribution >= 4 is 5.91 Å². The summed E-state index contributed by atoms with van der Waals surface area (Å²) in [6.45, 7) is 4.51. The standard InChI is InChI=1S/C15H21NO2/c1-2-11-16(12-13-17)15(18)10-6-9-14-7-4-3-5-8-14/h2-5,7-8,17H,1,6,9-13H2. The maximum absolute atomic E-state index is 11.9. The first-order valence-electron chi connectivity index (χ1n) is 6.31. The lowest BCUT2D eigenvalue weighted by atomic mass is 10.1. The van der Waals surface area contributed by atoms with Gasteiger partial charge in [-0.15, -0.1) is 6.58 Å². The molecule has 1 N–H and O–H groups in total. The van der Waals surface area contributed by atoms with Gasteiger partial charge in [0.05, 0.1) is 6.61 Å². The lowest BCUT2D eigenvalue weighted by Gasteiger charge is -2.19. The average molecular weight is 247 g/mol. The molecule has 0 heterocycles. The van der Waals surface area contributed by atoms with Gasteiger partial charge in [-0.05, 0) is 18.4 Å². The van der Waals surface area contributed by atoms with E-state index in [2.05, 4.69) is 18.7 Å². The van der Waals surface area contributed by atoms with Crippen molar-refractivity contribution in [3.63, 3.8) is 0 Å². The smallest absolute Gasteiger partial charge is 0.222 e. The van der Waals surface area contributed by atoms with Crippen molar-refractivity contribution in [2.24, 2.45) is 0 Å². The molecule has 0 radical (unpaired) electrons. The number of benzene rings is 1. The molecule has 1 aromatic carbocycles. The molecule has 3 nitrogen and oxygen atoms in total. The summed E-state index contributed by atoms with van der Waals surface area (Å²) in [5, 5.41) is 8.89. The van der Waals surface area contributed by atoms with Gasteiger partial charge in [-0.2, -0.15) is 0 Å². The highest BCUT2D eigenvalue weighted by molar-refractivity contribution is 5.76. The Balaban J connectivity index is 2.33. The quantitative estimate of drug-likeness (QED) is 0.714. The van der Waals surface area contributed by atoms with Gasteiger partial charge in [0.25, 0.3) is 0 Å². The average Bonchev–Trinajstić information content (AvgIpc) is 2.39. The number of carbonyl (C=O) groups excluding carboxylic acids is 1. The van der Waals surface area contributed by atoms with E-state index in [1.807, 2.05) is 18.2 Å². The molecule has 0 aliphatic rings. The molecule has 1 amide bonds. The molecular formula is C15H21NO2. The fourth-order valence-electron chi connectivity index (χ4n) is 1.84. The van der Waals surface area contributed by atoms with E-state index in [0.29, 0.717) is 19.5 Å². The largest absolute Gasteiger partial charge is 0.395 e. The van der Waals surface area contributed by atoms with E-state index in [1.54, 1.807) is 11.0 Å². The number of aliphatic hydroxyl groups excluding tert-OH is 1. The minimum absolute atomic E-state index is 0.00172. The van der Waals surface area contributed by atoms with Crippen LogP contribution in [0.5, 0.6) is 0 Å². The van der Waals surface area contributed by atoms with Crippen molar-refractivity contribution in [1.29, 1.82) is 0 Å². The zero-order valence-corrected chi connectivity index (χ0v) is 10.7. The molecule has 0 saturated carbocycles. The molecule has 0 bridgehead atoms. The Bertz CT molecular complexity index is 362. The molecule has 0 fully saturated rings. The number of rotatable bonds is 8. The summed E-state index contributed by atoms with van der Waals surface area (Å²) in [5.41, 5.74) is 1.25. The predicted molar refractivity (Wildman–Crippen MR) is 73.2 cm³/mol. The number of hydrogen-bond donors (Lipinski definition) is 1. The van der Waals surface area contributed by atoms with E-state index in [0.717, 1.165) is 12.8 Å². The summed E-state index contributed by atoms with van der Waals surface area (Å²) < 4.78 is 0. The zero-order chi connectivity index (χ0) is 13.2. The maximum Gasteiger partial charge on any atom is 0.222 e. The maximum atomic E-state index is 11.9. The van der Waals surface area contributed by atoms with Crippen molar-refractivity contribution in [2.75, 3.05) is 19.7 Å². The van der Waals surface area contributed by atoms with Crippen molar-refractivity contribution in [3.05, 3.63) is 48.6 Å². The van der Waals surface area contributed by atoms with Gasteiger partial charge in [-0.3, -0.25) is 4.79 Å². The number of amides is 1. The third-order valence-corrected chi connectivity index (χ3v) is 2.77. The fraction of sp³-hybridized carbons (Fsp3) is 0.400. The molecule has 98 valence electrons. The number of carbonyl (C=O) groups is 1. The van der Waals surface area contributed by atoms with Gasteiger partial charge in [0.15, 0.2) is 0 Å². The molecule has 0 atom stereocenters. The first-order chi connectivity index (χ1) is 8.77. The van der Waals surface area contributed by atoms with Crippen molar-refractivity contribution in [2.45, 2.75) is 19.3 Å². The van der Waals surface area contributed by atoms with E-state index >= 15 is 0 Å². The molecule has 1 rings (SSSR count). The van der Waals surface area contributed by atoms with Gasteiger partial charge in [0, 0.05) is 19.5 Å². The van der Waals surface area contributed by atoms with Crippen LogP contribution in [0.3, 0.4) is 0 Å². The van der Waals surface area contributed by atoms with E-state index in [1.165, 1.54) is 5.56 Å². The Morgan fingerprint density at radius 1 is 1.33 bits per heavy atom. The van der Waals surface area contributed by atoms with Gasteiger partial charge in [0.2, 0.25) is 5.91 Å². The lowest BCUT2D eigenvalue weighted by Crippen LogP contribution is -2.33. The van der Waals surface area contributed by atoms with Crippen LogP contribution in [0.4, 0.5) is 0 Å². The molecule has 0 aromatic heterocycles. The van der Waals surface area contributed by atoms with Gasteiger partial charge in [0.1, 0.15) is 0 Å². The van der Waals surface area contributed by atoms with Crippen molar-refractivity contribution in [3.8, 4) is 0 Å². The second kappa shape index (κ2) is 8.48. The molecule has 3 heteroatoms. The van der Waals surface area contributed by atoms with E-state index in [-0.39, 0.29) is 12.5 Å². The van der Waals surface area contributed by atoms with Crippen LogP contribution >= 0.6 is 0 Å². The summed E-state index contributed by atoms with van der Waals surface area (Å²) >= 11 is 0. The van der Waals surface area contributed by atoms with E-state index in [4.69, 9.17) is 5.11 Å². The van der Waals surface area contributed by atoms with Crippen LogP contribution < -0.4 is 0 Å². The van der Waals surface area contributed by atoms with Crippen molar-refractivity contribution in [1.82, 2.24) is 4.90 Å². The molecule has 0 unspecified atom stereocenters. The second-order valence-electron chi connectivity index (χ2n) is 4.19. The minimum Gasteiger partial charge on any atom is -0.395 e. The van der Waals surface area contributed by atoms with E-state index in [9.17, 15) is 4.79 Å². The Morgan fingerprint density at radius 3 is 2.67 bits per heavy atom. The van der Waals surface area contributed by atoms with Gasteiger partial charge >= 0.3 is 0 Å². The third-order valence-electron chi connectivity index (χ3n) is 2.77. The number of aryl methyl sites for hydroxylation is 1. The van der Waals surface area contributed by atoms with Crippen LogP contribution in [0.25, 0.3) is 0 Å². The fourth-order valence-corrected chi connectivity index (χ4v) is 1.84. The monoisotopic (exact) mass is 247 g/mol. The van der Waals surface area contributed by atoms with Crippen LogP contribution in [0.15, 0.2) is 43.0 Å². The van der Waals surface area contributed by atoms with Gasteiger partial charge in [-0.25, -0.2) is 0 Å². The van der Waals surface area contributed by atoms with Crippen LogP contribution in [0.2, 0.25) is 0 Å². The second-order valence-corrected chi connectivity index (χ2v) is 4.19. The predicted octanol–water partition coefficient (Wildman–Crippen LogP) is 2.02. The Morgan fingerprint density at radius 2 is 2.06 bits per heavy atom. The Kier molecular flexibility index (Phi) is 6.81. The highest BCUT2D eigenvalue weighted by Gasteiger charge is 2.10. The Hall–Kier alpha value is -1.61. The number of aliphatic hydroxyl groups is 1. The summed E-state index contributed by atoms with van der Waals surface area (Å²) in [5.74, 6) is 0.0832. The summed E-state index contributed by atoms with van der Waals surface area (Å²) in [6, 6.07) is 10.1. The highest BCUT2D eigenvalue weighted by atomic mass is 16.3. The van der Waals surface area contributed by atoms with Crippen LogP contribution in [-0.4, -0.2) is 35.6 Å². The molecule has 0 saturated heterocycles. The minimum atomic E-state index is -0.00172. The van der Waals surface area contributed by atoms with Crippen LogP contribution in [0.1, 0.15) is 18.4 Å². The van der Waals surface area contributed by atoms with Gasteiger partial charge in [-0.1, -0.05) is 36.4 Å². The highest BCUT2D eigenvalue weighted by Crippen LogP contribution is 2.06. The topological polar surface area (TPSA) is 40.5 Å². The molecule has 0 aliphatic heterocycles. The normalized spacial score (nSPS) is 10.1. The lowest BCUT2D eigenvalue weighted by molar-refractivity contribution is -0.131. The van der Waals surface area contributed by atoms with Gasteiger partial charge < -0.3 is 10.0 Å². The molecule has 1 aromatic rings. The van der Waals surface area contributed by atoms with Crippen LogP contribution in [-0.2, 0) is 11.2 Å². The van der Waals surface area contributed by atoms with Crippen molar-refractivity contribution < 1.29 is 9.90 Å². The number of nitrogens with zero attached hydrogens (tertiary/aromatic N) is 1. The molecule has 0 aliphatic carbocycles. The number of hydrogen-bond acceptors (Lipinski definition) is 2. The summed E-state index contributed by atoms with van der Waals surface area (Å²) in [7, 11) is 0. The molecule has 18 heavy (non-hydrogen) atoms. The molecule has 0 spiro atoms. The first-order valence-corrected chi connectivity index (χ1v) is 6.31. The first kappa shape index (κ1) is 14.5. The summed E-state index contributed by atoms with van der Waals surface area (Å²) in [6.07, 6.45) is 3.95. The van der Waals surface area contributed by atoms with Crippen LogP contribution in [0, 0.1) is 0 Å². The van der Waals surface area contributed by atoms with E-state index < -0.39 is 0 Å². The molecular weight excluding hydrogens is 226 g/mol. The SMILES string of the molecule is C=CCN(CCO)C(=O)CCCc1ccccc1. The third kappa shape index (κ3) is 5.15. The summed E-state index contributed by atoms with van der Waals surface area (Å²) in [4.78, 5) is 13.5. The zero-order valence-electron chi connectivity index (χ0n) is 10.7. The Labute approximate surface area is 109 Å².